The number of hydrogen-bond donors (Lipinski definition) is 2. The summed E-state index contributed by atoms with van der Waals surface area (Å²) in [5.41, 5.74) is 2.10. The van der Waals surface area contributed by atoms with Crippen LogP contribution in [0.1, 0.15) is 32.0 Å². The average molecular weight is 517 g/mol. The normalized spacial score (nSPS) is 11.7. The van der Waals surface area contributed by atoms with E-state index in [-0.39, 0.29) is 22.7 Å². The Balaban J connectivity index is 2.01. The number of hydrogen-bond acceptors (Lipinski definition) is 5. The highest BCUT2D eigenvalue weighted by atomic mass is 19.4. The fourth-order valence-corrected chi connectivity index (χ4v) is 2.89. The molecule has 190 valence electrons. The molecule has 2 amide bonds. The highest BCUT2D eigenvalue weighted by Crippen LogP contribution is 2.38. The maximum absolute atomic E-state index is 15.0. The Hall–Kier alpha value is -4.36. The summed E-state index contributed by atoms with van der Waals surface area (Å²) in [5.74, 6) is -5.84. The van der Waals surface area contributed by atoms with Gasteiger partial charge in [0.1, 0.15) is 28.5 Å². The van der Waals surface area contributed by atoms with Gasteiger partial charge in [-0.2, -0.15) is 13.2 Å². The number of anilines is 1. The molecule has 0 atom stereocenters. The van der Waals surface area contributed by atoms with Gasteiger partial charge in [-0.05, 0) is 55.0 Å². The van der Waals surface area contributed by atoms with E-state index in [1.165, 1.54) is 6.92 Å². The lowest BCUT2D eigenvalue weighted by Crippen LogP contribution is -2.20. The van der Waals surface area contributed by atoms with Gasteiger partial charge in [0.25, 0.3) is 11.8 Å². The number of nitrogens with zero attached hydrogens (tertiary/aromatic N) is 1. The summed E-state index contributed by atoms with van der Waals surface area (Å²) in [5, 5.41) is 2.18. The second-order valence-corrected chi connectivity index (χ2v) is 7.12. The van der Waals surface area contributed by atoms with Gasteiger partial charge in [-0.1, -0.05) is 0 Å². The maximum atomic E-state index is 15.0. The molecule has 0 bridgehead atoms. The Labute approximate surface area is 197 Å². The smallest absolute Gasteiger partial charge is 0.456 e. The summed E-state index contributed by atoms with van der Waals surface area (Å²) in [6.07, 6.45) is -8.98. The Morgan fingerprint density at radius 2 is 1.58 bits per heavy atom. The van der Waals surface area contributed by atoms with Gasteiger partial charge >= 0.3 is 12.5 Å². The molecule has 1 heterocycles. The van der Waals surface area contributed by atoms with Crippen molar-refractivity contribution >= 4 is 17.5 Å². The topological polar surface area (TPSA) is 104 Å². The molecule has 0 saturated carbocycles. The van der Waals surface area contributed by atoms with Crippen LogP contribution in [0.4, 0.5) is 36.4 Å². The zero-order valence-electron chi connectivity index (χ0n) is 17.9. The molecule has 0 spiro atoms. The van der Waals surface area contributed by atoms with Crippen molar-refractivity contribution in [3.63, 3.8) is 0 Å². The molecule has 2 aromatic carbocycles. The fourth-order valence-electron chi connectivity index (χ4n) is 2.89. The number of nitrogens with one attached hydrogen (secondary N) is 1. The third-order valence-corrected chi connectivity index (χ3v) is 4.53. The van der Waals surface area contributed by atoms with Crippen LogP contribution >= 0.6 is 0 Å². The number of benzene rings is 2. The molecule has 0 radical (unpaired) electrons. The van der Waals surface area contributed by atoms with Gasteiger partial charge in [0.05, 0.1) is 5.56 Å². The number of carbonyl (C=O) groups excluding carboxylic acids is 2. The van der Waals surface area contributed by atoms with Crippen LogP contribution in [0.5, 0.6) is 17.2 Å². The van der Waals surface area contributed by atoms with Crippen molar-refractivity contribution in [1.82, 2.24) is 4.98 Å². The van der Waals surface area contributed by atoms with Gasteiger partial charge in [0.2, 0.25) is 0 Å². The summed E-state index contributed by atoms with van der Waals surface area (Å²) in [6, 6.07) is 5.67. The number of alkyl halides is 6. The summed E-state index contributed by atoms with van der Waals surface area (Å²) < 4.78 is 101. The molecule has 3 N–H and O–H groups in total. The number of rotatable bonds is 6. The van der Waals surface area contributed by atoms with Crippen molar-refractivity contribution in [2.45, 2.75) is 19.5 Å². The number of aryl methyl sites for hydroxylation is 1. The first-order chi connectivity index (χ1) is 16.7. The minimum atomic E-state index is -5.17. The number of aromatic nitrogens is 1. The quantitative estimate of drug-likeness (QED) is 0.415. The molecule has 14 heteroatoms. The van der Waals surface area contributed by atoms with E-state index in [1.807, 2.05) is 0 Å². The molecule has 36 heavy (non-hydrogen) atoms. The number of ether oxygens (including phenoxy) is 2. The molecule has 0 aliphatic heterocycles. The maximum Gasteiger partial charge on any atom is 0.573 e. The molecular weight excluding hydrogens is 503 g/mol. The second kappa shape index (κ2) is 9.71. The first-order valence-corrected chi connectivity index (χ1v) is 9.67. The van der Waals surface area contributed by atoms with Crippen molar-refractivity contribution < 1.29 is 49.8 Å². The lowest BCUT2D eigenvalue weighted by atomic mass is 10.1. The van der Waals surface area contributed by atoms with Gasteiger partial charge in [0, 0.05) is 11.9 Å². The minimum absolute atomic E-state index is 0.0970. The number of nitrogens with two attached hydrogens (primary N) is 1. The highest BCUT2D eigenvalue weighted by Gasteiger charge is 2.37. The van der Waals surface area contributed by atoms with Crippen LogP contribution in [-0.2, 0) is 6.18 Å². The SMILES string of the molecule is Cc1cnc(C(N)=O)cc1NC(=O)c1c(Oc2ccc(OC(F)(F)F)cc2)ccc(C(F)(F)F)c1F. The number of pyridine rings is 1. The molecule has 0 unspecified atom stereocenters. The Morgan fingerprint density at radius 1 is 0.972 bits per heavy atom. The third-order valence-electron chi connectivity index (χ3n) is 4.53. The summed E-state index contributed by atoms with van der Waals surface area (Å²) in [4.78, 5) is 28.0. The van der Waals surface area contributed by atoms with Gasteiger partial charge in [-0.15, -0.1) is 13.2 Å². The predicted octanol–water partition coefficient (Wildman–Crippen LogP) is 5.59. The predicted molar refractivity (Wildman–Crippen MR) is 110 cm³/mol. The van der Waals surface area contributed by atoms with Crippen LogP contribution in [0, 0.1) is 12.7 Å². The fraction of sp³-hybridized carbons (Fsp3) is 0.136. The van der Waals surface area contributed by atoms with Gasteiger partial charge in [-0.3, -0.25) is 14.6 Å². The molecule has 0 aliphatic rings. The van der Waals surface area contributed by atoms with Gasteiger partial charge in [-0.25, -0.2) is 4.39 Å². The van der Waals surface area contributed by atoms with E-state index in [1.54, 1.807) is 0 Å². The van der Waals surface area contributed by atoms with Crippen molar-refractivity contribution in [2.24, 2.45) is 5.73 Å². The largest absolute Gasteiger partial charge is 0.573 e. The van der Waals surface area contributed by atoms with Crippen molar-refractivity contribution in [3.05, 3.63) is 76.9 Å². The lowest BCUT2D eigenvalue weighted by Gasteiger charge is -2.17. The van der Waals surface area contributed by atoms with Crippen LogP contribution in [0.25, 0.3) is 0 Å². The molecular formula is C22H14F7N3O4. The number of carbonyl (C=O) groups is 2. The monoisotopic (exact) mass is 517 g/mol. The van der Waals surface area contributed by atoms with Crippen LogP contribution in [0.2, 0.25) is 0 Å². The summed E-state index contributed by atoms with van der Waals surface area (Å²) in [7, 11) is 0. The molecule has 7 nitrogen and oxygen atoms in total. The highest BCUT2D eigenvalue weighted by molar-refractivity contribution is 6.07. The van der Waals surface area contributed by atoms with Crippen LogP contribution in [0.15, 0.2) is 48.7 Å². The van der Waals surface area contributed by atoms with Crippen LogP contribution in [0.3, 0.4) is 0 Å². The van der Waals surface area contributed by atoms with Crippen LogP contribution in [-0.4, -0.2) is 23.2 Å². The zero-order valence-corrected chi connectivity index (χ0v) is 17.9. The standard InChI is InChI=1S/C22H14F7N3O4/c1-10-9-31-15(19(30)33)8-14(10)32-20(34)17-16(7-6-13(18(17)23)21(24,25)26)35-11-2-4-12(5-3-11)36-22(27,28)29/h2-9H,1H3,(H2,30,33)(H,31,32,34). The van der Waals surface area contributed by atoms with E-state index in [9.17, 15) is 40.3 Å². The Morgan fingerprint density at radius 3 is 2.14 bits per heavy atom. The first-order valence-electron chi connectivity index (χ1n) is 9.67. The molecule has 1 aromatic heterocycles. The molecule has 3 aromatic rings. The van der Waals surface area contributed by atoms with E-state index in [0.717, 1.165) is 36.5 Å². The molecule has 0 aliphatic carbocycles. The van der Waals surface area contributed by atoms with E-state index in [0.29, 0.717) is 12.1 Å². The van der Waals surface area contributed by atoms with E-state index in [2.05, 4.69) is 15.0 Å². The summed E-state index contributed by atoms with van der Waals surface area (Å²) in [6.45, 7) is 1.44. The zero-order chi connectivity index (χ0) is 26.8. The van der Waals surface area contributed by atoms with E-state index >= 15 is 0 Å². The van der Waals surface area contributed by atoms with Gasteiger partial charge < -0.3 is 20.5 Å². The van der Waals surface area contributed by atoms with E-state index < -0.39 is 52.8 Å². The number of halogens is 7. The van der Waals surface area contributed by atoms with Gasteiger partial charge in [0.15, 0.2) is 5.82 Å². The Kier molecular flexibility index (Phi) is 7.08. The van der Waals surface area contributed by atoms with E-state index in [4.69, 9.17) is 10.5 Å². The van der Waals surface area contributed by atoms with Crippen LogP contribution < -0.4 is 20.5 Å². The number of primary amides is 1. The van der Waals surface area contributed by atoms with Crippen molar-refractivity contribution in [3.8, 4) is 17.2 Å². The average Bonchev–Trinajstić information content (AvgIpc) is 2.74. The second-order valence-electron chi connectivity index (χ2n) is 7.12. The minimum Gasteiger partial charge on any atom is -0.456 e. The molecule has 0 fully saturated rings. The number of amides is 2. The lowest BCUT2D eigenvalue weighted by molar-refractivity contribution is -0.274. The summed E-state index contributed by atoms with van der Waals surface area (Å²) >= 11 is 0. The third kappa shape index (κ3) is 6.20. The van der Waals surface area contributed by atoms with Crippen molar-refractivity contribution in [2.75, 3.05) is 5.32 Å². The molecule has 0 saturated heterocycles. The van der Waals surface area contributed by atoms with Crippen molar-refractivity contribution in [1.29, 1.82) is 0 Å². The first kappa shape index (κ1) is 26.2. The Bertz CT molecular complexity index is 1310. The molecule has 3 rings (SSSR count).